The van der Waals surface area contributed by atoms with E-state index < -0.39 is 5.54 Å². The number of hydrogen-bond acceptors (Lipinski definition) is 6. The minimum atomic E-state index is -0.884. The number of nitrogens with zero attached hydrogens (tertiary/aromatic N) is 2. The second-order valence-corrected chi connectivity index (χ2v) is 8.05. The number of ether oxygens (including phenoxy) is 3. The molecular formula is C25H20FN3O3. The van der Waals surface area contributed by atoms with E-state index in [2.05, 4.69) is 17.1 Å². The van der Waals surface area contributed by atoms with Gasteiger partial charge in [-0.05, 0) is 59.0 Å². The van der Waals surface area contributed by atoms with E-state index in [1.807, 2.05) is 30.5 Å². The Morgan fingerprint density at radius 1 is 1.00 bits per heavy atom. The fraction of sp³-hybridized carbons (Fsp3) is 0.200. The van der Waals surface area contributed by atoms with Gasteiger partial charge in [-0.3, -0.25) is 0 Å². The maximum absolute atomic E-state index is 13.9. The molecule has 1 spiro atoms. The van der Waals surface area contributed by atoms with Crippen LogP contribution in [0.15, 0.2) is 65.8 Å². The Morgan fingerprint density at radius 2 is 1.88 bits per heavy atom. The Hall–Kier alpha value is -3.71. The normalized spacial score (nSPS) is 21.2. The van der Waals surface area contributed by atoms with Gasteiger partial charge in [0.25, 0.3) is 6.02 Å². The molecule has 6 nitrogen and oxygen atoms in total. The summed E-state index contributed by atoms with van der Waals surface area (Å²) in [7, 11) is 0. The smallest absolute Gasteiger partial charge is 0.283 e. The number of rotatable bonds is 2. The molecule has 3 aromatic rings. The molecule has 0 aliphatic carbocycles. The maximum atomic E-state index is 13.9. The molecule has 2 aromatic carbocycles. The summed E-state index contributed by atoms with van der Waals surface area (Å²) in [5.41, 5.74) is 10.5. The first-order valence-corrected chi connectivity index (χ1v) is 10.5. The fourth-order valence-corrected chi connectivity index (χ4v) is 4.54. The third kappa shape index (κ3) is 2.97. The number of aliphatic imine (C=N–C) groups is 1. The van der Waals surface area contributed by atoms with Crippen LogP contribution in [-0.4, -0.2) is 30.8 Å². The van der Waals surface area contributed by atoms with Crippen LogP contribution in [0.2, 0.25) is 0 Å². The zero-order valence-electron chi connectivity index (χ0n) is 17.2. The summed E-state index contributed by atoms with van der Waals surface area (Å²) in [5, 5.41) is 0. The van der Waals surface area contributed by atoms with Crippen LogP contribution in [0.4, 0.5) is 4.39 Å². The van der Waals surface area contributed by atoms with Crippen molar-refractivity contribution in [3.05, 3.63) is 83.3 Å². The molecule has 3 aliphatic heterocycles. The van der Waals surface area contributed by atoms with Crippen LogP contribution in [0.5, 0.6) is 11.6 Å². The molecule has 32 heavy (non-hydrogen) atoms. The van der Waals surface area contributed by atoms with E-state index in [1.54, 1.807) is 6.07 Å². The van der Waals surface area contributed by atoms with Crippen molar-refractivity contribution in [2.75, 3.05) is 19.8 Å². The average Bonchev–Trinajstić information content (AvgIpc) is 3.22. The highest BCUT2D eigenvalue weighted by molar-refractivity contribution is 5.78. The van der Waals surface area contributed by atoms with Gasteiger partial charge in [0.2, 0.25) is 5.88 Å². The van der Waals surface area contributed by atoms with Crippen molar-refractivity contribution in [3.8, 4) is 22.8 Å². The molecule has 0 radical (unpaired) electrons. The first-order chi connectivity index (χ1) is 15.6. The summed E-state index contributed by atoms with van der Waals surface area (Å²) in [4.78, 5) is 9.35. The first kappa shape index (κ1) is 19.0. The average molecular weight is 429 g/mol. The van der Waals surface area contributed by atoms with E-state index in [0.717, 1.165) is 34.2 Å². The molecule has 0 unspecified atom stereocenters. The molecular weight excluding hydrogens is 409 g/mol. The summed E-state index contributed by atoms with van der Waals surface area (Å²) in [6.07, 6.45) is 4.71. The molecule has 1 atom stereocenters. The Bertz CT molecular complexity index is 1300. The van der Waals surface area contributed by atoms with Gasteiger partial charge in [0, 0.05) is 11.8 Å². The van der Waals surface area contributed by atoms with E-state index in [4.69, 9.17) is 24.9 Å². The highest BCUT2D eigenvalue weighted by Gasteiger charge is 2.48. The lowest BCUT2D eigenvalue weighted by Gasteiger charge is -2.33. The lowest BCUT2D eigenvalue weighted by Crippen LogP contribution is -2.31. The monoisotopic (exact) mass is 429 g/mol. The molecule has 1 aromatic heterocycles. The number of benzene rings is 2. The number of nitrogens with two attached hydrogens (primary N) is 1. The van der Waals surface area contributed by atoms with Crippen molar-refractivity contribution >= 4 is 11.6 Å². The van der Waals surface area contributed by atoms with Crippen LogP contribution < -0.4 is 10.5 Å². The number of aromatic nitrogens is 1. The molecule has 6 rings (SSSR count). The molecule has 0 fully saturated rings. The van der Waals surface area contributed by atoms with Gasteiger partial charge in [0.1, 0.15) is 18.2 Å². The third-order valence-corrected chi connectivity index (χ3v) is 6.15. The van der Waals surface area contributed by atoms with E-state index in [1.165, 1.54) is 17.7 Å². The molecule has 0 saturated carbocycles. The second kappa shape index (κ2) is 7.17. The van der Waals surface area contributed by atoms with Gasteiger partial charge in [-0.2, -0.15) is 0 Å². The lowest BCUT2D eigenvalue weighted by atomic mass is 9.80. The van der Waals surface area contributed by atoms with Gasteiger partial charge < -0.3 is 19.9 Å². The topological polar surface area (TPSA) is 79.0 Å². The van der Waals surface area contributed by atoms with Crippen LogP contribution in [0.25, 0.3) is 16.7 Å². The van der Waals surface area contributed by atoms with Crippen molar-refractivity contribution in [3.63, 3.8) is 0 Å². The Morgan fingerprint density at radius 3 is 2.66 bits per heavy atom. The van der Waals surface area contributed by atoms with Crippen molar-refractivity contribution in [2.45, 2.75) is 12.0 Å². The van der Waals surface area contributed by atoms with Crippen LogP contribution in [0.3, 0.4) is 0 Å². The van der Waals surface area contributed by atoms with Gasteiger partial charge in [0.15, 0.2) is 5.54 Å². The zero-order chi connectivity index (χ0) is 21.7. The minimum Gasteiger partial charge on any atom is -0.462 e. The van der Waals surface area contributed by atoms with Gasteiger partial charge in [0.05, 0.1) is 18.8 Å². The number of fused-ring (bicyclic) bond motifs is 4. The summed E-state index contributed by atoms with van der Waals surface area (Å²) >= 11 is 0. The van der Waals surface area contributed by atoms with Gasteiger partial charge in [-0.15, -0.1) is 0 Å². The lowest BCUT2D eigenvalue weighted by molar-refractivity contribution is 0.161. The molecule has 2 N–H and O–H groups in total. The molecule has 4 heterocycles. The van der Waals surface area contributed by atoms with Crippen LogP contribution in [0, 0.1) is 5.82 Å². The summed E-state index contributed by atoms with van der Waals surface area (Å²) in [5.74, 6) is 0.821. The predicted octanol–water partition coefficient (Wildman–Crippen LogP) is 4.39. The number of halogens is 1. The molecule has 0 amide bonds. The third-order valence-electron chi connectivity index (χ3n) is 6.15. The van der Waals surface area contributed by atoms with E-state index >= 15 is 0 Å². The van der Waals surface area contributed by atoms with Crippen LogP contribution >= 0.6 is 0 Å². The zero-order valence-corrected chi connectivity index (χ0v) is 17.2. The van der Waals surface area contributed by atoms with Gasteiger partial charge >= 0.3 is 0 Å². The highest BCUT2D eigenvalue weighted by atomic mass is 19.1. The SMILES string of the molecule is NC1=N[C@]2(CO1)c1cc(-c3cccc(F)c3)ccc1Oc1ncc(C3=CCOCC3)cc12. The van der Waals surface area contributed by atoms with E-state index in [-0.39, 0.29) is 18.4 Å². The summed E-state index contributed by atoms with van der Waals surface area (Å²) < 4.78 is 31.1. The number of pyridine rings is 1. The van der Waals surface area contributed by atoms with Gasteiger partial charge in [-0.25, -0.2) is 14.4 Å². The molecule has 160 valence electrons. The number of amidine groups is 1. The summed E-state index contributed by atoms with van der Waals surface area (Å²) in [6.45, 7) is 1.50. The Labute approximate surface area is 184 Å². The first-order valence-electron chi connectivity index (χ1n) is 10.5. The second-order valence-electron chi connectivity index (χ2n) is 8.05. The molecule has 0 bridgehead atoms. The molecule has 7 heteroatoms. The van der Waals surface area contributed by atoms with E-state index in [9.17, 15) is 4.39 Å². The Kier molecular flexibility index (Phi) is 4.26. The molecule has 0 saturated heterocycles. The van der Waals surface area contributed by atoms with Crippen molar-refractivity contribution in [1.29, 1.82) is 0 Å². The summed E-state index contributed by atoms with van der Waals surface area (Å²) in [6, 6.07) is 14.4. The van der Waals surface area contributed by atoms with Crippen LogP contribution in [0.1, 0.15) is 23.1 Å². The van der Waals surface area contributed by atoms with Crippen molar-refractivity contribution in [2.24, 2.45) is 10.7 Å². The van der Waals surface area contributed by atoms with Crippen molar-refractivity contribution < 1.29 is 18.6 Å². The van der Waals surface area contributed by atoms with Crippen molar-refractivity contribution in [1.82, 2.24) is 4.98 Å². The fourth-order valence-electron chi connectivity index (χ4n) is 4.54. The highest BCUT2D eigenvalue weighted by Crippen LogP contribution is 2.51. The quantitative estimate of drug-likeness (QED) is 0.654. The van der Waals surface area contributed by atoms with E-state index in [0.29, 0.717) is 24.8 Å². The van der Waals surface area contributed by atoms with Crippen LogP contribution in [-0.2, 0) is 15.0 Å². The largest absolute Gasteiger partial charge is 0.462 e. The standard InChI is InChI=1S/C25H20FN3O3/c26-19-3-1-2-16(10-19)17-4-5-22-20(11-17)25(14-31-24(27)29-25)21-12-18(13-28-23(21)32-22)15-6-8-30-9-7-15/h1-6,10-13H,7-9,14H2,(H2,27,29)/t25-/m1/s1. The van der Waals surface area contributed by atoms with Gasteiger partial charge in [-0.1, -0.05) is 24.3 Å². The minimum absolute atomic E-state index is 0.121. The maximum Gasteiger partial charge on any atom is 0.283 e. The Balaban J connectivity index is 1.53. The molecule has 3 aliphatic rings. The predicted molar refractivity (Wildman–Crippen MR) is 118 cm³/mol. The number of hydrogen-bond donors (Lipinski definition) is 1.